The van der Waals surface area contributed by atoms with Crippen LogP contribution in [0.1, 0.15) is 5.56 Å². The van der Waals surface area contributed by atoms with Crippen LogP contribution in [0.5, 0.6) is 0 Å². The van der Waals surface area contributed by atoms with Gasteiger partial charge in [0, 0.05) is 16.1 Å². The van der Waals surface area contributed by atoms with Gasteiger partial charge in [0.2, 0.25) is 5.82 Å². The fraction of sp³-hybridized carbons (Fsp3) is 0. The maximum Gasteiger partial charge on any atom is 0.305 e. The standard InChI is InChI=1S/C8H6BrFN4O2S/c9-5-2-7(14(15)16)6(10)1-4(5)3-12-13-8(11)17/h1-3H,(H3,11,13,17). The van der Waals surface area contributed by atoms with Crippen molar-refractivity contribution < 1.29 is 9.31 Å². The number of halogens is 2. The van der Waals surface area contributed by atoms with Crippen molar-refractivity contribution >= 4 is 45.2 Å². The number of nitrogens with two attached hydrogens (primary N) is 1. The molecule has 0 saturated carbocycles. The Labute approximate surface area is 109 Å². The molecular weight excluding hydrogens is 315 g/mol. The van der Waals surface area contributed by atoms with Gasteiger partial charge in [-0.1, -0.05) is 0 Å². The lowest BCUT2D eigenvalue weighted by Gasteiger charge is -2.00. The van der Waals surface area contributed by atoms with Crippen LogP contribution < -0.4 is 11.2 Å². The first-order valence-corrected chi connectivity index (χ1v) is 5.34. The third kappa shape index (κ3) is 3.71. The molecule has 0 aliphatic carbocycles. The third-order valence-corrected chi connectivity index (χ3v) is 2.42. The molecule has 6 nitrogen and oxygen atoms in total. The fourth-order valence-electron chi connectivity index (χ4n) is 0.956. The van der Waals surface area contributed by atoms with Crippen LogP contribution in [-0.2, 0) is 0 Å². The minimum absolute atomic E-state index is 0.0419. The monoisotopic (exact) mass is 320 g/mol. The number of hydrogen-bond acceptors (Lipinski definition) is 4. The zero-order chi connectivity index (χ0) is 13.0. The molecular formula is C8H6BrFN4O2S. The highest BCUT2D eigenvalue weighted by Crippen LogP contribution is 2.25. The van der Waals surface area contributed by atoms with Gasteiger partial charge in [0.05, 0.1) is 11.1 Å². The van der Waals surface area contributed by atoms with Crippen molar-refractivity contribution in [1.29, 1.82) is 0 Å². The lowest BCUT2D eigenvalue weighted by molar-refractivity contribution is -0.387. The predicted molar refractivity (Wildman–Crippen MR) is 68.3 cm³/mol. The van der Waals surface area contributed by atoms with Crippen LogP contribution in [0.4, 0.5) is 10.1 Å². The van der Waals surface area contributed by atoms with Crippen LogP contribution in [0.3, 0.4) is 0 Å². The molecule has 1 aromatic rings. The molecule has 17 heavy (non-hydrogen) atoms. The molecule has 0 bridgehead atoms. The molecule has 1 aromatic carbocycles. The second-order valence-electron chi connectivity index (χ2n) is 2.82. The van der Waals surface area contributed by atoms with Gasteiger partial charge in [0.1, 0.15) is 0 Å². The number of nitro groups is 1. The Morgan fingerprint density at radius 3 is 2.88 bits per heavy atom. The minimum Gasteiger partial charge on any atom is -0.375 e. The second kappa shape index (κ2) is 5.64. The molecule has 0 aliphatic heterocycles. The molecule has 0 radical (unpaired) electrons. The molecule has 0 heterocycles. The summed E-state index contributed by atoms with van der Waals surface area (Å²) in [6.45, 7) is 0. The van der Waals surface area contributed by atoms with Gasteiger partial charge in [0.25, 0.3) is 0 Å². The SMILES string of the molecule is NC(=S)NN=Cc1cc(F)c([N+](=O)[O-])cc1Br. The van der Waals surface area contributed by atoms with Gasteiger partial charge in [-0.2, -0.15) is 9.49 Å². The van der Waals surface area contributed by atoms with Gasteiger partial charge in [-0.3, -0.25) is 15.5 Å². The number of nitrogens with zero attached hydrogens (tertiary/aromatic N) is 2. The molecule has 0 atom stereocenters. The topological polar surface area (TPSA) is 93.5 Å². The van der Waals surface area contributed by atoms with Crippen molar-refractivity contribution in [3.05, 3.63) is 38.1 Å². The van der Waals surface area contributed by atoms with E-state index in [2.05, 4.69) is 38.7 Å². The first kappa shape index (κ1) is 13.5. The molecule has 9 heteroatoms. The van der Waals surface area contributed by atoms with Crippen molar-refractivity contribution in [2.24, 2.45) is 10.8 Å². The largest absolute Gasteiger partial charge is 0.375 e. The Morgan fingerprint density at radius 1 is 1.71 bits per heavy atom. The van der Waals surface area contributed by atoms with Crippen molar-refractivity contribution in [2.45, 2.75) is 0 Å². The van der Waals surface area contributed by atoms with Crippen molar-refractivity contribution in [3.63, 3.8) is 0 Å². The summed E-state index contributed by atoms with van der Waals surface area (Å²) in [6.07, 6.45) is 1.23. The van der Waals surface area contributed by atoms with Gasteiger partial charge in [-0.25, -0.2) is 0 Å². The number of hydrogen-bond donors (Lipinski definition) is 2. The van der Waals surface area contributed by atoms with Crippen LogP contribution in [0, 0.1) is 15.9 Å². The smallest absolute Gasteiger partial charge is 0.305 e. The first-order chi connectivity index (χ1) is 7.91. The van der Waals surface area contributed by atoms with Crippen molar-refractivity contribution in [3.8, 4) is 0 Å². The normalized spacial score (nSPS) is 10.5. The summed E-state index contributed by atoms with van der Waals surface area (Å²) < 4.78 is 13.6. The Morgan fingerprint density at radius 2 is 2.35 bits per heavy atom. The quantitative estimate of drug-likeness (QED) is 0.382. The van der Waals surface area contributed by atoms with Crippen LogP contribution in [0.2, 0.25) is 0 Å². The second-order valence-corrected chi connectivity index (χ2v) is 4.11. The molecule has 0 aliphatic rings. The van der Waals surface area contributed by atoms with E-state index in [1.165, 1.54) is 6.21 Å². The van der Waals surface area contributed by atoms with Crippen LogP contribution in [0.15, 0.2) is 21.7 Å². The molecule has 0 amide bonds. The van der Waals surface area contributed by atoms with Crippen molar-refractivity contribution in [2.75, 3.05) is 0 Å². The van der Waals surface area contributed by atoms with E-state index in [1.54, 1.807) is 0 Å². The predicted octanol–water partition coefficient (Wildman–Crippen LogP) is 1.66. The van der Waals surface area contributed by atoms with Gasteiger partial charge < -0.3 is 5.73 Å². The summed E-state index contributed by atoms with van der Waals surface area (Å²) >= 11 is 7.56. The maximum absolute atomic E-state index is 13.3. The van der Waals surface area contributed by atoms with Gasteiger partial charge in [0.15, 0.2) is 5.11 Å². The minimum atomic E-state index is -0.949. The Bertz CT molecular complexity index is 509. The molecule has 90 valence electrons. The lowest BCUT2D eigenvalue weighted by atomic mass is 10.2. The molecule has 1 rings (SSSR count). The Hall–Kier alpha value is -1.61. The average molecular weight is 321 g/mol. The number of thiocarbonyl (C=S) groups is 1. The van der Waals surface area contributed by atoms with E-state index >= 15 is 0 Å². The highest BCUT2D eigenvalue weighted by Gasteiger charge is 2.16. The third-order valence-electron chi connectivity index (χ3n) is 1.64. The van der Waals surface area contributed by atoms with E-state index in [0.717, 1.165) is 12.1 Å². The van der Waals surface area contributed by atoms with E-state index < -0.39 is 16.4 Å². The van der Waals surface area contributed by atoms with Gasteiger partial charge >= 0.3 is 5.69 Å². The van der Waals surface area contributed by atoms with E-state index in [-0.39, 0.29) is 5.11 Å². The van der Waals surface area contributed by atoms with Crippen LogP contribution in [0.25, 0.3) is 0 Å². The summed E-state index contributed by atoms with van der Waals surface area (Å²) in [5, 5.41) is 14.0. The summed E-state index contributed by atoms with van der Waals surface area (Å²) in [4.78, 5) is 9.64. The number of benzene rings is 1. The summed E-state index contributed by atoms with van der Waals surface area (Å²) in [6, 6.07) is 2.03. The number of nitro benzene ring substituents is 1. The molecule has 0 saturated heterocycles. The Kier molecular flexibility index (Phi) is 4.46. The molecule has 0 fully saturated rings. The molecule has 0 aromatic heterocycles. The summed E-state index contributed by atoms with van der Waals surface area (Å²) in [5.41, 5.74) is 7.10. The molecule has 0 spiro atoms. The van der Waals surface area contributed by atoms with Crippen molar-refractivity contribution in [1.82, 2.24) is 5.43 Å². The lowest BCUT2D eigenvalue weighted by Crippen LogP contribution is -2.24. The highest BCUT2D eigenvalue weighted by molar-refractivity contribution is 9.10. The summed E-state index contributed by atoms with van der Waals surface area (Å²) in [7, 11) is 0. The zero-order valence-electron chi connectivity index (χ0n) is 8.18. The summed E-state index contributed by atoms with van der Waals surface area (Å²) in [5.74, 6) is -0.949. The van der Waals surface area contributed by atoms with E-state index in [9.17, 15) is 14.5 Å². The fourth-order valence-corrected chi connectivity index (χ4v) is 1.44. The number of rotatable bonds is 3. The zero-order valence-corrected chi connectivity index (χ0v) is 10.6. The van der Waals surface area contributed by atoms with Crippen LogP contribution >= 0.6 is 28.1 Å². The Balaban J connectivity index is 3.03. The van der Waals surface area contributed by atoms with Crippen LogP contribution in [-0.4, -0.2) is 16.3 Å². The molecule has 0 unspecified atom stereocenters. The number of hydrazone groups is 1. The van der Waals surface area contributed by atoms with E-state index in [1.807, 2.05) is 0 Å². The van der Waals surface area contributed by atoms with E-state index in [0.29, 0.717) is 10.0 Å². The van der Waals surface area contributed by atoms with Gasteiger partial charge in [-0.15, -0.1) is 0 Å². The highest BCUT2D eigenvalue weighted by atomic mass is 79.9. The number of nitrogens with one attached hydrogen (secondary N) is 1. The maximum atomic E-state index is 13.3. The average Bonchev–Trinajstić information content (AvgIpc) is 2.21. The molecule has 3 N–H and O–H groups in total. The van der Waals surface area contributed by atoms with E-state index in [4.69, 9.17) is 5.73 Å². The van der Waals surface area contributed by atoms with Gasteiger partial charge in [-0.05, 0) is 34.2 Å². The first-order valence-electron chi connectivity index (χ1n) is 4.13.